The molecule has 1 aliphatic rings. The van der Waals surface area contributed by atoms with Gasteiger partial charge in [0.2, 0.25) is 0 Å². The third kappa shape index (κ3) is 3.21. The molecule has 1 saturated carbocycles. The Morgan fingerprint density at radius 1 is 1.26 bits per heavy atom. The molecule has 0 spiro atoms. The standard InChI is InChI=1S/C13H16N2O4/c16-13(17)9-5-7-10(8-6-9)14-11-3-1-2-4-12(11)15(18)19/h1-4,9-10,14H,5-8H2,(H,16,17). The normalized spacial score (nSPS) is 22.7. The van der Waals surface area contributed by atoms with E-state index in [0.717, 1.165) is 12.8 Å². The van der Waals surface area contributed by atoms with Gasteiger partial charge in [-0.05, 0) is 31.7 Å². The van der Waals surface area contributed by atoms with Gasteiger partial charge < -0.3 is 10.4 Å². The van der Waals surface area contributed by atoms with Crippen LogP contribution in [0.1, 0.15) is 25.7 Å². The number of nitrogens with zero attached hydrogens (tertiary/aromatic N) is 1. The molecule has 0 radical (unpaired) electrons. The number of benzene rings is 1. The second-order valence-electron chi connectivity index (χ2n) is 4.81. The number of carbonyl (C=O) groups is 1. The van der Waals surface area contributed by atoms with Gasteiger partial charge >= 0.3 is 5.97 Å². The molecule has 0 heterocycles. The summed E-state index contributed by atoms with van der Waals surface area (Å²) in [6, 6.07) is 6.63. The van der Waals surface area contributed by atoms with Crippen molar-refractivity contribution in [1.82, 2.24) is 0 Å². The largest absolute Gasteiger partial charge is 0.481 e. The monoisotopic (exact) mass is 264 g/mol. The maximum atomic E-state index is 10.9. The Bertz CT molecular complexity index is 481. The maximum absolute atomic E-state index is 10.9. The highest BCUT2D eigenvalue weighted by Crippen LogP contribution is 2.30. The van der Waals surface area contributed by atoms with Crippen LogP contribution in [-0.2, 0) is 4.79 Å². The SMILES string of the molecule is O=C(O)C1CCC(Nc2ccccc2[N+](=O)[O-])CC1. The summed E-state index contributed by atoms with van der Waals surface area (Å²) in [5, 5.41) is 23.0. The molecule has 0 atom stereocenters. The van der Waals surface area contributed by atoms with E-state index in [4.69, 9.17) is 5.11 Å². The fourth-order valence-electron chi connectivity index (χ4n) is 2.46. The first kappa shape index (κ1) is 13.3. The highest BCUT2D eigenvalue weighted by atomic mass is 16.6. The molecule has 0 bridgehead atoms. The molecule has 0 unspecified atom stereocenters. The van der Waals surface area contributed by atoms with Crippen molar-refractivity contribution < 1.29 is 14.8 Å². The molecule has 1 fully saturated rings. The van der Waals surface area contributed by atoms with Gasteiger partial charge in [0.15, 0.2) is 0 Å². The molecule has 102 valence electrons. The average Bonchev–Trinajstić information content (AvgIpc) is 2.39. The molecule has 1 aliphatic carbocycles. The van der Waals surface area contributed by atoms with Gasteiger partial charge in [0, 0.05) is 12.1 Å². The van der Waals surface area contributed by atoms with Crippen molar-refractivity contribution in [3.05, 3.63) is 34.4 Å². The minimum absolute atomic E-state index is 0.0582. The van der Waals surface area contributed by atoms with Gasteiger partial charge in [-0.2, -0.15) is 0 Å². The van der Waals surface area contributed by atoms with Crippen LogP contribution in [0.3, 0.4) is 0 Å². The molecule has 0 aliphatic heterocycles. The zero-order valence-electron chi connectivity index (χ0n) is 10.4. The lowest BCUT2D eigenvalue weighted by molar-refractivity contribution is -0.384. The molecule has 0 aromatic heterocycles. The van der Waals surface area contributed by atoms with Crippen molar-refractivity contribution in [3.63, 3.8) is 0 Å². The molecule has 6 heteroatoms. The Labute approximate surface area is 110 Å². The second kappa shape index (κ2) is 5.69. The summed E-state index contributed by atoms with van der Waals surface area (Å²) in [7, 11) is 0. The lowest BCUT2D eigenvalue weighted by Crippen LogP contribution is -2.29. The number of aliphatic carboxylic acids is 1. The lowest BCUT2D eigenvalue weighted by atomic mass is 9.86. The Kier molecular flexibility index (Phi) is 3.99. The minimum Gasteiger partial charge on any atom is -0.481 e. The molecule has 19 heavy (non-hydrogen) atoms. The van der Waals surface area contributed by atoms with Crippen molar-refractivity contribution in [2.75, 3.05) is 5.32 Å². The van der Waals surface area contributed by atoms with Crippen LogP contribution in [0.4, 0.5) is 11.4 Å². The van der Waals surface area contributed by atoms with Crippen LogP contribution in [0.2, 0.25) is 0 Å². The van der Waals surface area contributed by atoms with Crippen LogP contribution < -0.4 is 5.32 Å². The summed E-state index contributed by atoms with van der Waals surface area (Å²) < 4.78 is 0. The summed E-state index contributed by atoms with van der Waals surface area (Å²) >= 11 is 0. The van der Waals surface area contributed by atoms with Crippen molar-refractivity contribution in [2.24, 2.45) is 5.92 Å². The fraction of sp³-hybridized carbons (Fsp3) is 0.462. The first-order valence-electron chi connectivity index (χ1n) is 6.30. The van der Waals surface area contributed by atoms with Crippen LogP contribution in [0.25, 0.3) is 0 Å². The number of hydrogen-bond donors (Lipinski definition) is 2. The number of rotatable bonds is 4. The summed E-state index contributed by atoms with van der Waals surface area (Å²) in [4.78, 5) is 21.3. The number of carboxylic acid groups (broad SMARTS) is 1. The quantitative estimate of drug-likeness (QED) is 0.644. The van der Waals surface area contributed by atoms with E-state index in [1.54, 1.807) is 18.2 Å². The number of anilines is 1. The van der Waals surface area contributed by atoms with E-state index < -0.39 is 10.9 Å². The third-order valence-electron chi connectivity index (χ3n) is 3.54. The predicted molar refractivity (Wildman–Crippen MR) is 70.1 cm³/mol. The molecule has 0 saturated heterocycles. The second-order valence-corrected chi connectivity index (χ2v) is 4.81. The lowest BCUT2D eigenvalue weighted by Gasteiger charge is -2.27. The van der Waals surface area contributed by atoms with E-state index in [0.29, 0.717) is 18.5 Å². The van der Waals surface area contributed by atoms with Crippen LogP contribution in [-0.4, -0.2) is 22.0 Å². The minimum atomic E-state index is -0.746. The van der Waals surface area contributed by atoms with Crippen LogP contribution in [0, 0.1) is 16.0 Å². The number of nitrogens with one attached hydrogen (secondary N) is 1. The van der Waals surface area contributed by atoms with Crippen LogP contribution in [0.5, 0.6) is 0 Å². The zero-order chi connectivity index (χ0) is 13.8. The van der Waals surface area contributed by atoms with E-state index in [1.165, 1.54) is 6.07 Å². The Morgan fingerprint density at radius 2 is 1.89 bits per heavy atom. The fourth-order valence-corrected chi connectivity index (χ4v) is 2.46. The first-order chi connectivity index (χ1) is 9.08. The van der Waals surface area contributed by atoms with Crippen molar-refractivity contribution in [2.45, 2.75) is 31.7 Å². The predicted octanol–water partition coefficient (Wildman–Crippen LogP) is 2.65. The van der Waals surface area contributed by atoms with E-state index >= 15 is 0 Å². The van der Waals surface area contributed by atoms with Gasteiger partial charge in [0.05, 0.1) is 10.8 Å². The van der Waals surface area contributed by atoms with Gasteiger partial charge in [0.1, 0.15) is 5.69 Å². The van der Waals surface area contributed by atoms with E-state index in [1.807, 2.05) is 0 Å². The van der Waals surface area contributed by atoms with E-state index in [-0.39, 0.29) is 17.6 Å². The van der Waals surface area contributed by atoms with Gasteiger partial charge in [-0.15, -0.1) is 0 Å². The van der Waals surface area contributed by atoms with Gasteiger partial charge in [-0.25, -0.2) is 0 Å². The Morgan fingerprint density at radius 3 is 2.47 bits per heavy atom. The van der Waals surface area contributed by atoms with Crippen LogP contribution >= 0.6 is 0 Å². The Hall–Kier alpha value is -2.11. The summed E-state index contributed by atoms with van der Waals surface area (Å²) in [5.74, 6) is -1.02. The number of hydrogen-bond acceptors (Lipinski definition) is 4. The van der Waals surface area contributed by atoms with Crippen molar-refractivity contribution >= 4 is 17.3 Å². The number of para-hydroxylation sites is 2. The van der Waals surface area contributed by atoms with Gasteiger partial charge in [-0.1, -0.05) is 12.1 Å². The molecule has 2 rings (SSSR count). The zero-order valence-corrected chi connectivity index (χ0v) is 10.4. The topological polar surface area (TPSA) is 92.5 Å². The number of nitro benzene ring substituents is 1. The highest BCUT2D eigenvalue weighted by Gasteiger charge is 2.26. The molecule has 1 aromatic carbocycles. The first-order valence-corrected chi connectivity index (χ1v) is 6.30. The average molecular weight is 264 g/mol. The van der Waals surface area contributed by atoms with Gasteiger partial charge in [-0.3, -0.25) is 14.9 Å². The van der Waals surface area contributed by atoms with Crippen molar-refractivity contribution in [1.29, 1.82) is 0 Å². The van der Waals surface area contributed by atoms with Gasteiger partial charge in [0.25, 0.3) is 5.69 Å². The molecule has 2 N–H and O–H groups in total. The van der Waals surface area contributed by atoms with Crippen LogP contribution in [0.15, 0.2) is 24.3 Å². The van der Waals surface area contributed by atoms with E-state index in [2.05, 4.69) is 5.32 Å². The summed E-state index contributed by atoms with van der Waals surface area (Å²) in [5.41, 5.74) is 0.564. The highest BCUT2D eigenvalue weighted by molar-refractivity contribution is 5.70. The molecular weight excluding hydrogens is 248 g/mol. The molecule has 6 nitrogen and oxygen atoms in total. The summed E-state index contributed by atoms with van der Waals surface area (Å²) in [6.07, 6.45) is 2.69. The third-order valence-corrected chi connectivity index (χ3v) is 3.54. The Balaban J connectivity index is 2.00. The maximum Gasteiger partial charge on any atom is 0.306 e. The number of nitro groups is 1. The molecular formula is C13H16N2O4. The van der Waals surface area contributed by atoms with E-state index in [9.17, 15) is 14.9 Å². The molecule has 0 amide bonds. The number of carboxylic acids is 1. The van der Waals surface area contributed by atoms with Crippen molar-refractivity contribution in [3.8, 4) is 0 Å². The summed E-state index contributed by atoms with van der Waals surface area (Å²) in [6.45, 7) is 0. The smallest absolute Gasteiger partial charge is 0.306 e. The molecule has 1 aromatic rings.